The van der Waals surface area contributed by atoms with Crippen molar-refractivity contribution in [2.75, 3.05) is 11.6 Å². The lowest BCUT2D eigenvalue weighted by molar-refractivity contribution is 0.541. The van der Waals surface area contributed by atoms with Crippen LogP contribution in [0.2, 0.25) is 0 Å². The van der Waals surface area contributed by atoms with Gasteiger partial charge in [-0.1, -0.05) is 0 Å². The summed E-state index contributed by atoms with van der Waals surface area (Å²) in [6, 6.07) is 1.72. The molecule has 7 heteroatoms. The van der Waals surface area contributed by atoms with Crippen molar-refractivity contribution in [3.05, 3.63) is 23.8 Å². The third kappa shape index (κ3) is 1.69. The minimum atomic E-state index is -3.80. The molecule has 1 heterocycles. The Morgan fingerprint density at radius 2 is 2.00 bits per heavy atom. The molecule has 4 nitrogen and oxygen atoms in total. The third-order valence-corrected chi connectivity index (χ3v) is 4.38. The molecular weight excluding hydrogens is 250 g/mol. The van der Waals surface area contributed by atoms with Crippen molar-refractivity contribution in [1.82, 2.24) is 4.72 Å². The average molecular weight is 260 g/mol. The highest BCUT2D eigenvalue weighted by Crippen LogP contribution is 2.39. The lowest BCUT2D eigenvalue weighted by Crippen LogP contribution is -2.44. The van der Waals surface area contributed by atoms with Crippen LogP contribution in [-0.2, 0) is 10.0 Å². The second-order valence-corrected chi connectivity index (χ2v) is 5.98. The van der Waals surface area contributed by atoms with Crippen LogP contribution >= 0.6 is 0 Å². The summed E-state index contributed by atoms with van der Waals surface area (Å²) >= 11 is 0. The number of sulfonamides is 1. The van der Waals surface area contributed by atoms with E-state index in [0.717, 1.165) is 25.0 Å². The van der Waals surface area contributed by atoms with Gasteiger partial charge < -0.3 is 4.90 Å². The maximum atomic E-state index is 13.7. The highest BCUT2D eigenvalue weighted by Gasteiger charge is 2.38. The molecule has 1 saturated carbocycles. The fourth-order valence-corrected chi connectivity index (χ4v) is 3.24. The van der Waals surface area contributed by atoms with Gasteiger partial charge in [0.05, 0.1) is 12.4 Å². The summed E-state index contributed by atoms with van der Waals surface area (Å²) in [5, 5.41) is 0. The topological polar surface area (TPSA) is 49.4 Å². The van der Waals surface area contributed by atoms with Gasteiger partial charge in [-0.3, -0.25) is 0 Å². The van der Waals surface area contributed by atoms with Crippen LogP contribution < -0.4 is 9.62 Å². The van der Waals surface area contributed by atoms with Crippen LogP contribution in [0.3, 0.4) is 0 Å². The van der Waals surface area contributed by atoms with Crippen LogP contribution in [0.25, 0.3) is 0 Å². The molecule has 1 aromatic rings. The van der Waals surface area contributed by atoms with Crippen molar-refractivity contribution in [3.63, 3.8) is 0 Å². The molecule has 2 aliphatic rings. The molecule has 17 heavy (non-hydrogen) atoms. The summed E-state index contributed by atoms with van der Waals surface area (Å²) in [5.41, 5.74) is -0.00681. The minimum absolute atomic E-state index is 0.00681. The second-order valence-electron chi connectivity index (χ2n) is 4.24. The van der Waals surface area contributed by atoms with E-state index in [1.165, 1.54) is 0 Å². The van der Waals surface area contributed by atoms with Crippen molar-refractivity contribution < 1.29 is 17.2 Å². The Kier molecular flexibility index (Phi) is 2.18. The third-order valence-electron chi connectivity index (χ3n) is 2.98. The smallest absolute Gasteiger partial charge is 0.244 e. The number of hydrogen-bond acceptors (Lipinski definition) is 3. The number of rotatable bonds is 1. The van der Waals surface area contributed by atoms with Crippen LogP contribution in [0.15, 0.2) is 17.0 Å². The molecule has 0 saturated heterocycles. The van der Waals surface area contributed by atoms with Gasteiger partial charge in [-0.15, -0.1) is 0 Å². The number of halogens is 2. The highest BCUT2D eigenvalue weighted by atomic mass is 32.2. The first kappa shape index (κ1) is 10.9. The number of nitrogens with one attached hydrogen (secondary N) is 1. The Balaban J connectivity index is 2.24. The highest BCUT2D eigenvalue weighted by molar-refractivity contribution is 7.89. The standard InChI is InChI=1S/C10H10F2N2O2S/c11-6-3-8(12)10-9(4-6)17(15,16)13-5-14(10)7-1-2-7/h3-4,7,13H,1-2,5H2. The van der Waals surface area contributed by atoms with Crippen molar-refractivity contribution in [2.24, 2.45) is 0 Å². The summed E-state index contributed by atoms with van der Waals surface area (Å²) < 4.78 is 52.5. The Bertz CT molecular complexity index is 584. The number of anilines is 1. The molecule has 3 rings (SSSR count). The zero-order valence-corrected chi connectivity index (χ0v) is 9.60. The van der Waals surface area contributed by atoms with Gasteiger partial charge in [0.1, 0.15) is 10.7 Å². The summed E-state index contributed by atoms with van der Waals surface area (Å²) in [6.45, 7) is 0.0442. The van der Waals surface area contributed by atoms with E-state index in [4.69, 9.17) is 0 Å². The lowest BCUT2D eigenvalue weighted by atomic mass is 10.2. The molecule has 1 aliphatic carbocycles. The van der Waals surface area contributed by atoms with Gasteiger partial charge in [-0.05, 0) is 18.9 Å². The largest absolute Gasteiger partial charge is 0.351 e. The van der Waals surface area contributed by atoms with Gasteiger partial charge >= 0.3 is 0 Å². The second kappa shape index (κ2) is 3.39. The van der Waals surface area contributed by atoms with Crippen molar-refractivity contribution in [3.8, 4) is 0 Å². The molecule has 1 aromatic carbocycles. The fraction of sp³-hybridized carbons (Fsp3) is 0.400. The molecule has 0 spiro atoms. The van der Waals surface area contributed by atoms with Gasteiger partial charge in [0.15, 0.2) is 5.82 Å². The van der Waals surface area contributed by atoms with Crippen LogP contribution in [-0.4, -0.2) is 21.1 Å². The summed E-state index contributed by atoms with van der Waals surface area (Å²) in [4.78, 5) is 1.33. The van der Waals surface area contributed by atoms with Gasteiger partial charge in [-0.25, -0.2) is 17.2 Å². The molecule has 0 radical (unpaired) electrons. The van der Waals surface area contributed by atoms with Gasteiger partial charge in [-0.2, -0.15) is 4.72 Å². The normalized spacial score (nSPS) is 22.4. The van der Waals surface area contributed by atoms with Crippen LogP contribution in [0.1, 0.15) is 12.8 Å². The number of benzene rings is 1. The minimum Gasteiger partial charge on any atom is -0.351 e. The van der Waals surface area contributed by atoms with E-state index in [2.05, 4.69) is 4.72 Å². The molecule has 0 unspecified atom stereocenters. The molecule has 1 fully saturated rings. The molecule has 0 aromatic heterocycles. The molecule has 0 amide bonds. The Morgan fingerprint density at radius 3 is 2.65 bits per heavy atom. The predicted octanol–water partition coefficient (Wildman–Crippen LogP) is 1.18. The van der Waals surface area contributed by atoms with Gasteiger partial charge in [0, 0.05) is 12.1 Å². The first-order valence-corrected chi connectivity index (χ1v) is 6.73. The first-order chi connectivity index (χ1) is 7.99. The van der Waals surface area contributed by atoms with Crippen LogP contribution in [0.4, 0.5) is 14.5 Å². The van der Waals surface area contributed by atoms with Crippen LogP contribution in [0, 0.1) is 11.6 Å². The van der Waals surface area contributed by atoms with Gasteiger partial charge in [0.25, 0.3) is 0 Å². The maximum absolute atomic E-state index is 13.7. The quantitative estimate of drug-likeness (QED) is 0.825. The predicted molar refractivity (Wildman–Crippen MR) is 57.0 cm³/mol. The van der Waals surface area contributed by atoms with Crippen molar-refractivity contribution in [1.29, 1.82) is 0 Å². The zero-order valence-electron chi connectivity index (χ0n) is 8.78. The zero-order chi connectivity index (χ0) is 12.2. The van der Waals surface area contributed by atoms with E-state index in [-0.39, 0.29) is 23.3 Å². The Hall–Kier alpha value is -1.21. The fourth-order valence-electron chi connectivity index (χ4n) is 2.04. The summed E-state index contributed by atoms with van der Waals surface area (Å²) in [5.74, 6) is -1.71. The summed E-state index contributed by atoms with van der Waals surface area (Å²) in [7, 11) is -3.80. The SMILES string of the molecule is O=S1(=O)NCN(C2CC2)c2c(F)cc(F)cc21. The van der Waals surface area contributed by atoms with Gasteiger partial charge in [0.2, 0.25) is 10.0 Å². The summed E-state index contributed by atoms with van der Waals surface area (Å²) in [6.07, 6.45) is 1.80. The van der Waals surface area contributed by atoms with Crippen LogP contribution in [0.5, 0.6) is 0 Å². The average Bonchev–Trinajstić information content (AvgIpc) is 3.03. The number of hydrogen-bond donors (Lipinski definition) is 1. The van der Waals surface area contributed by atoms with E-state index in [0.29, 0.717) is 0 Å². The van der Waals surface area contributed by atoms with E-state index in [1.54, 1.807) is 4.90 Å². The monoisotopic (exact) mass is 260 g/mol. The molecule has 0 atom stereocenters. The molecular formula is C10H10F2N2O2S. The van der Waals surface area contributed by atoms with Crippen molar-refractivity contribution in [2.45, 2.75) is 23.8 Å². The first-order valence-electron chi connectivity index (χ1n) is 5.24. The Morgan fingerprint density at radius 1 is 1.29 bits per heavy atom. The van der Waals surface area contributed by atoms with E-state index >= 15 is 0 Å². The maximum Gasteiger partial charge on any atom is 0.244 e. The Labute approximate surface area is 97.3 Å². The number of fused-ring (bicyclic) bond motifs is 1. The molecule has 1 aliphatic heterocycles. The lowest BCUT2D eigenvalue weighted by Gasteiger charge is -2.31. The van der Waals surface area contributed by atoms with E-state index in [1.807, 2.05) is 0 Å². The molecule has 1 N–H and O–H groups in total. The van der Waals surface area contributed by atoms with E-state index in [9.17, 15) is 17.2 Å². The molecule has 0 bridgehead atoms. The van der Waals surface area contributed by atoms with E-state index < -0.39 is 21.7 Å². The van der Waals surface area contributed by atoms with Crippen molar-refractivity contribution >= 4 is 15.7 Å². The molecule has 92 valence electrons. The number of nitrogens with zero attached hydrogens (tertiary/aromatic N) is 1.